The Kier molecular flexibility index (Phi) is 8.94. The first-order chi connectivity index (χ1) is 18.1. The van der Waals surface area contributed by atoms with Gasteiger partial charge in [-0.3, -0.25) is 10.2 Å². The molecule has 0 atom stereocenters. The predicted octanol–water partition coefficient (Wildman–Crippen LogP) is 4.63. The van der Waals surface area contributed by atoms with Crippen molar-refractivity contribution in [1.29, 1.82) is 5.41 Å². The van der Waals surface area contributed by atoms with Crippen LogP contribution in [0.5, 0.6) is 34.8 Å². The number of nitrogens with two attached hydrogens (primary N) is 1. The van der Waals surface area contributed by atoms with Gasteiger partial charge in [-0.15, -0.1) is 0 Å². The average Bonchev–Trinajstić information content (AvgIpc) is 2.91. The number of aromatic nitrogens is 1. The van der Waals surface area contributed by atoms with Crippen LogP contribution in [-0.2, 0) is 0 Å². The molecule has 0 saturated carbocycles. The van der Waals surface area contributed by atoms with Gasteiger partial charge >= 0.3 is 0 Å². The first-order valence-electron chi connectivity index (χ1n) is 11.0. The Morgan fingerprint density at radius 1 is 1.00 bits per heavy atom. The van der Waals surface area contributed by atoms with Crippen LogP contribution in [0.25, 0.3) is 0 Å². The van der Waals surface area contributed by atoms with Gasteiger partial charge in [-0.25, -0.2) is 8.78 Å². The molecule has 3 rings (SSSR count). The number of ether oxygens (including phenoxy) is 4. The van der Waals surface area contributed by atoms with Crippen molar-refractivity contribution in [2.45, 2.75) is 6.10 Å². The van der Waals surface area contributed by atoms with Gasteiger partial charge < -0.3 is 29.6 Å². The number of halogens is 4. The highest BCUT2D eigenvalue weighted by Gasteiger charge is 2.28. The zero-order valence-electron chi connectivity index (χ0n) is 20.6. The number of hydrogen-bond donors (Lipinski definition) is 2. The number of alkyl halides is 2. The fourth-order valence-electron chi connectivity index (χ4n) is 3.08. The smallest absolute Gasteiger partial charge is 0.263 e. The molecule has 0 aliphatic rings. The predicted molar refractivity (Wildman–Crippen MR) is 129 cm³/mol. The molecule has 9 nitrogen and oxygen atoms in total. The van der Waals surface area contributed by atoms with Crippen molar-refractivity contribution in [2.75, 3.05) is 34.6 Å². The molecule has 1 aromatic heterocycles. The van der Waals surface area contributed by atoms with Crippen molar-refractivity contribution < 1.29 is 41.3 Å². The number of nitrogens with one attached hydrogen (secondary N) is 1. The minimum absolute atomic E-state index is 0.0590. The summed E-state index contributed by atoms with van der Waals surface area (Å²) in [5, 5.41) is 7.60. The van der Waals surface area contributed by atoms with Crippen molar-refractivity contribution in [3.05, 3.63) is 65.2 Å². The number of methoxy groups -OCH3 is 1. The van der Waals surface area contributed by atoms with E-state index in [2.05, 4.69) is 4.98 Å². The Morgan fingerprint density at radius 3 is 2.24 bits per heavy atom. The molecule has 0 unspecified atom stereocenters. The van der Waals surface area contributed by atoms with Crippen LogP contribution in [0.3, 0.4) is 0 Å². The lowest BCUT2D eigenvalue weighted by atomic mass is 10.2. The van der Waals surface area contributed by atoms with E-state index in [9.17, 15) is 13.6 Å². The van der Waals surface area contributed by atoms with Crippen molar-refractivity contribution in [3.8, 4) is 34.8 Å². The summed E-state index contributed by atoms with van der Waals surface area (Å²) < 4.78 is 77.9. The topological polar surface area (TPSA) is 120 Å². The van der Waals surface area contributed by atoms with E-state index in [1.807, 2.05) is 0 Å². The molecule has 202 valence electrons. The van der Waals surface area contributed by atoms with Crippen molar-refractivity contribution in [1.82, 2.24) is 9.88 Å². The maximum atomic E-state index is 15.3. The van der Waals surface area contributed by atoms with Crippen LogP contribution in [0, 0.1) is 17.0 Å². The van der Waals surface area contributed by atoms with Crippen LogP contribution in [-0.4, -0.2) is 62.3 Å². The van der Waals surface area contributed by atoms with Crippen molar-refractivity contribution >= 4 is 11.7 Å². The molecule has 0 radical (unpaired) electrons. The number of nitrogen functional groups attached to an aromatic ring is 1. The van der Waals surface area contributed by atoms with Gasteiger partial charge in [-0.1, -0.05) is 6.07 Å². The Balaban J connectivity index is 2.12. The Bertz CT molecular complexity index is 1340. The molecular weight excluding hydrogens is 512 g/mol. The maximum Gasteiger partial charge on any atom is 0.263 e. The molecule has 3 aromatic rings. The first kappa shape index (κ1) is 28.0. The zero-order chi connectivity index (χ0) is 28.0. The molecule has 1 heterocycles. The molecule has 2 aromatic carbocycles. The number of nitrogens with zero attached hydrogens (tertiary/aromatic N) is 2. The normalized spacial score (nSPS) is 10.7. The molecule has 3 N–H and O–H groups in total. The third-order valence-corrected chi connectivity index (χ3v) is 4.99. The highest BCUT2D eigenvalue weighted by atomic mass is 19.1. The highest BCUT2D eigenvalue weighted by molar-refractivity contribution is 5.95. The summed E-state index contributed by atoms with van der Waals surface area (Å²) in [6.07, 6.45) is -1.82. The summed E-state index contributed by atoms with van der Waals surface area (Å²) in [6.45, 7) is -2.76. The number of carbonyl (C=O) groups excluding carboxylic acids is 1. The highest BCUT2D eigenvalue weighted by Crippen LogP contribution is 2.40. The van der Waals surface area contributed by atoms with E-state index in [0.717, 1.165) is 0 Å². The lowest BCUT2D eigenvalue weighted by molar-refractivity contribution is 0.0827. The lowest BCUT2D eigenvalue weighted by Crippen LogP contribution is -2.23. The molecule has 38 heavy (non-hydrogen) atoms. The van der Waals surface area contributed by atoms with E-state index < -0.39 is 48.6 Å². The average molecular weight is 536 g/mol. The molecule has 13 heteroatoms. The van der Waals surface area contributed by atoms with Gasteiger partial charge in [0.25, 0.3) is 17.7 Å². The van der Waals surface area contributed by atoms with Crippen LogP contribution >= 0.6 is 0 Å². The third-order valence-electron chi connectivity index (χ3n) is 4.99. The van der Waals surface area contributed by atoms with Gasteiger partial charge in [0.1, 0.15) is 24.9 Å². The standard InChI is InChI=1S/C25H24F4N4O5/c1-33(2)25(34)14-5-4-6-15(9-14)37-23-19(28)21(36-16(11-26)12-27)20(29)24(32-23)38-18-10-13(22(30)31)7-8-17(18)35-3/h4-10,16H,11-12H2,1-3H3,(H3,30,31). The van der Waals surface area contributed by atoms with Gasteiger partial charge in [-0.05, 0) is 36.4 Å². The van der Waals surface area contributed by atoms with Crippen LogP contribution in [0.15, 0.2) is 42.5 Å². The number of rotatable bonds is 11. The Morgan fingerprint density at radius 2 is 1.66 bits per heavy atom. The molecule has 0 saturated heterocycles. The first-order valence-corrected chi connectivity index (χ1v) is 11.0. The van der Waals surface area contributed by atoms with E-state index in [1.54, 1.807) is 0 Å². The largest absolute Gasteiger partial charge is 0.493 e. The van der Waals surface area contributed by atoms with E-state index >= 15 is 8.78 Å². The SMILES string of the molecule is COc1ccc(C(=N)N)cc1Oc1nc(Oc2cccc(C(=O)N(C)C)c2)c(F)c(OC(CF)CF)c1F. The minimum atomic E-state index is -1.82. The number of pyridine rings is 1. The van der Waals surface area contributed by atoms with Gasteiger partial charge in [0, 0.05) is 25.2 Å². The number of amides is 1. The molecule has 1 amide bonds. The summed E-state index contributed by atoms with van der Waals surface area (Å²) in [5.41, 5.74) is 5.88. The van der Waals surface area contributed by atoms with Gasteiger partial charge in [0.2, 0.25) is 17.4 Å². The maximum absolute atomic E-state index is 15.3. The van der Waals surface area contributed by atoms with Gasteiger partial charge in [0.15, 0.2) is 17.6 Å². The third kappa shape index (κ3) is 6.22. The Labute approximate surface area is 215 Å². The van der Waals surface area contributed by atoms with Crippen LogP contribution in [0.2, 0.25) is 0 Å². The summed E-state index contributed by atoms with van der Waals surface area (Å²) in [4.78, 5) is 17.3. The number of amidine groups is 1. The fraction of sp³-hybridized carbons (Fsp3) is 0.240. The quantitative estimate of drug-likeness (QED) is 0.208. The number of hydrogen-bond acceptors (Lipinski definition) is 7. The van der Waals surface area contributed by atoms with Crippen LogP contribution in [0.4, 0.5) is 17.6 Å². The second-order valence-electron chi connectivity index (χ2n) is 7.94. The Hall–Kier alpha value is -4.55. The lowest BCUT2D eigenvalue weighted by Gasteiger charge is -2.18. The monoisotopic (exact) mass is 536 g/mol. The molecule has 0 aliphatic carbocycles. The van der Waals surface area contributed by atoms with E-state index in [4.69, 9.17) is 30.1 Å². The van der Waals surface area contributed by atoms with Gasteiger partial charge in [-0.2, -0.15) is 13.8 Å². The van der Waals surface area contributed by atoms with E-state index in [1.165, 1.54) is 68.6 Å². The van der Waals surface area contributed by atoms with Gasteiger partial charge in [0.05, 0.1) is 7.11 Å². The van der Waals surface area contributed by atoms with Crippen LogP contribution < -0.4 is 24.7 Å². The molecule has 0 bridgehead atoms. The summed E-state index contributed by atoms with van der Waals surface area (Å²) >= 11 is 0. The zero-order valence-corrected chi connectivity index (χ0v) is 20.6. The summed E-state index contributed by atoms with van der Waals surface area (Å²) in [7, 11) is 4.36. The summed E-state index contributed by atoms with van der Waals surface area (Å²) in [5.74, 6) is -6.85. The molecule has 0 fully saturated rings. The molecular formula is C25H24F4N4O5. The summed E-state index contributed by atoms with van der Waals surface area (Å²) in [6, 6.07) is 9.70. The van der Waals surface area contributed by atoms with Crippen molar-refractivity contribution in [3.63, 3.8) is 0 Å². The van der Waals surface area contributed by atoms with Crippen LogP contribution in [0.1, 0.15) is 15.9 Å². The second-order valence-corrected chi connectivity index (χ2v) is 7.94. The molecule has 0 spiro atoms. The number of benzene rings is 2. The second kappa shape index (κ2) is 12.1. The van der Waals surface area contributed by atoms with E-state index in [0.29, 0.717) is 0 Å². The number of carbonyl (C=O) groups is 1. The molecule has 0 aliphatic heterocycles. The van der Waals surface area contributed by atoms with Crippen molar-refractivity contribution in [2.24, 2.45) is 5.73 Å². The van der Waals surface area contributed by atoms with E-state index in [-0.39, 0.29) is 40.1 Å². The fourth-order valence-corrected chi connectivity index (χ4v) is 3.08. The minimum Gasteiger partial charge on any atom is -0.493 e.